The van der Waals surface area contributed by atoms with Gasteiger partial charge in [-0.3, -0.25) is 4.79 Å². The summed E-state index contributed by atoms with van der Waals surface area (Å²) in [6.45, 7) is 1.14. The SMILES string of the molecule is O=C(c1ccc(CSc2ccc(Cl)cc2)cc1)N(Cc1ccccc1)Cc1ccccc1. The Kier molecular flexibility index (Phi) is 7.65. The molecule has 4 aromatic carbocycles. The molecule has 1 amide bonds. The third kappa shape index (κ3) is 6.25. The van der Waals surface area contributed by atoms with Gasteiger partial charge in [0, 0.05) is 34.3 Å². The first-order valence-electron chi connectivity index (χ1n) is 10.5. The van der Waals surface area contributed by atoms with Gasteiger partial charge in [0.05, 0.1) is 0 Å². The fourth-order valence-electron chi connectivity index (χ4n) is 3.43. The molecule has 4 heteroatoms. The van der Waals surface area contributed by atoms with Gasteiger partial charge in [-0.2, -0.15) is 0 Å². The van der Waals surface area contributed by atoms with Crippen LogP contribution >= 0.6 is 23.4 Å². The maximum Gasteiger partial charge on any atom is 0.254 e. The zero-order valence-electron chi connectivity index (χ0n) is 17.7. The van der Waals surface area contributed by atoms with Gasteiger partial charge >= 0.3 is 0 Å². The molecule has 0 aliphatic carbocycles. The van der Waals surface area contributed by atoms with Crippen molar-refractivity contribution < 1.29 is 4.79 Å². The second kappa shape index (κ2) is 11.0. The van der Waals surface area contributed by atoms with E-state index in [1.54, 1.807) is 11.8 Å². The summed E-state index contributed by atoms with van der Waals surface area (Å²) < 4.78 is 0. The van der Waals surface area contributed by atoms with Crippen molar-refractivity contribution >= 4 is 29.3 Å². The average Bonchev–Trinajstić information content (AvgIpc) is 2.84. The number of halogens is 1. The molecule has 2 nitrogen and oxygen atoms in total. The zero-order valence-corrected chi connectivity index (χ0v) is 19.2. The van der Waals surface area contributed by atoms with Crippen LogP contribution in [0.25, 0.3) is 0 Å². The lowest BCUT2D eigenvalue weighted by molar-refractivity contribution is 0.0730. The minimum absolute atomic E-state index is 0.0367. The van der Waals surface area contributed by atoms with Crippen LogP contribution in [0.3, 0.4) is 0 Å². The van der Waals surface area contributed by atoms with Crippen molar-refractivity contribution in [3.8, 4) is 0 Å². The molecule has 0 aliphatic rings. The Bertz CT molecular complexity index is 1090. The van der Waals surface area contributed by atoms with Gasteiger partial charge in [-0.25, -0.2) is 0 Å². The summed E-state index contributed by atoms with van der Waals surface area (Å²) in [6, 6.07) is 36.1. The molecule has 32 heavy (non-hydrogen) atoms. The third-order valence-electron chi connectivity index (χ3n) is 5.14. The first kappa shape index (κ1) is 22.2. The zero-order chi connectivity index (χ0) is 22.2. The summed E-state index contributed by atoms with van der Waals surface area (Å²) in [5.74, 6) is 0.878. The highest BCUT2D eigenvalue weighted by Crippen LogP contribution is 2.24. The highest BCUT2D eigenvalue weighted by molar-refractivity contribution is 7.98. The molecule has 0 saturated heterocycles. The summed E-state index contributed by atoms with van der Waals surface area (Å²) in [5.41, 5.74) is 4.12. The third-order valence-corrected chi connectivity index (χ3v) is 6.47. The predicted octanol–water partition coefficient (Wildman–Crippen LogP) is 7.47. The van der Waals surface area contributed by atoms with Gasteiger partial charge in [0.1, 0.15) is 0 Å². The number of hydrogen-bond donors (Lipinski definition) is 0. The van der Waals surface area contributed by atoms with Crippen LogP contribution < -0.4 is 0 Å². The van der Waals surface area contributed by atoms with Gasteiger partial charge in [0.2, 0.25) is 0 Å². The highest BCUT2D eigenvalue weighted by atomic mass is 35.5. The van der Waals surface area contributed by atoms with Crippen molar-refractivity contribution in [1.82, 2.24) is 4.90 Å². The summed E-state index contributed by atoms with van der Waals surface area (Å²) in [6.07, 6.45) is 0. The molecule has 160 valence electrons. The molecule has 0 bridgehead atoms. The number of hydrogen-bond acceptors (Lipinski definition) is 2. The molecule has 0 aromatic heterocycles. The summed E-state index contributed by atoms with van der Waals surface area (Å²) in [7, 11) is 0. The quantitative estimate of drug-likeness (QED) is 0.256. The van der Waals surface area contributed by atoms with Crippen molar-refractivity contribution in [3.63, 3.8) is 0 Å². The van der Waals surface area contributed by atoms with E-state index in [1.807, 2.05) is 89.8 Å². The Labute approximate surface area is 198 Å². The van der Waals surface area contributed by atoms with Crippen molar-refractivity contribution in [2.24, 2.45) is 0 Å². The molecule has 0 atom stereocenters. The number of benzene rings is 4. The molecule has 0 N–H and O–H groups in total. The van der Waals surface area contributed by atoms with E-state index in [0.717, 1.165) is 21.9 Å². The molecule has 4 aromatic rings. The fraction of sp³-hybridized carbons (Fsp3) is 0.107. The van der Waals surface area contributed by atoms with Crippen molar-refractivity contribution in [2.45, 2.75) is 23.7 Å². The molecule has 0 heterocycles. The van der Waals surface area contributed by atoms with Crippen LogP contribution in [0.1, 0.15) is 27.0 Å². The minimum atomic E-state index is 0.0367. The molecular weight excluding hydrogens is 434 g/mol. The summed E-state index contributed by atoms with van der Waals surface area (Å²) in [4.78, 5) is 16.5. The number of amides is 1. The molecule has 0 aliphatic heterocycles. The monoisotopic (exact) mass is 457 g/mol. The van der Waals surface area contributed by atoms with Gasteiger partial charge in [0.25, 0.3) is 5.91 Å². The molecule has 0 fully saturated rings. The van der Waals surface area contributed by atoms with Gasteiger partial charge < -0.3 is 4.90 Å². The topological polar surface area (TPSA) is 20.3 Å². The van der Waals surface area contributed by atoms with Gasteiger partial charge in [-0.05, 0) is 53.1 Å². The first-order valence-corrected chi connectivity index (χ1v) is 11.9. The lowest BCUT2D eigenvalue weighted by atomic mass is 10.1. The highest BCUT2D eigenvalue weighted by Gasteiger charge is 2.17. The van der Waals surface area contributed by atoms with Gasteiger partial charge in [-0.15, -0.1) is 11.8 Å². The Morgan fingerprint density at radius 1 is 0.656 bits per heavy atom. The van der Waals surface area contributed by atoms with Crippen LogP contribution in [-0.2, 0) is 18.8 Å². The molecule has 0 unspecified atom stereocenters. The van der Waals surface area contributed by atoms with E-state index >= 15 is 0 Å². The Morgan fingerprint density at radius 2 is 1.19 bits per heavy atom. The Morgan fingerprint density at radius 3 is 1.72 bits per heavy atom. The van der Waals surface area contributed by atoms with Gasteiger partial charge in [0.15, 0.2) is 0 Å². The van der Waals surface area contributed by atoms with E-state index in [2.05, 4.69) is 24.3 Å². The molecule has 0 radical (unpaired) electrons. The van der Waals surface area contributed by atoms with Crippen LogP contribution in [0.2, 0.25) is 5.02 Å². The number of carbonyl (C=O) groups is 1. The summed E-state index contributed by atoms with van der Waals surface area (Å²) in [5, 5.41) is 0.743. The van der Waals surface area contributed by atoms with Crippen molar-refractivity contribution in [1.29, 1.82) is 0 Å². The van der Waals surface area contributed by atoms with E-state index in [1.165, 1.54) is 10.5 Å². The smallest absolute Gasteiger partial charge is 0.254 e. The van der Waals surface area contributed by atoms with E-state index in [0.29, 0.717) is 18.7 Å². The van der Waals surface area contributed by atoms with Gasteiger partial charge in [-0.1, -0.05) is 84.4 Å². The molecule has 0 spiro atoms. The van der Waals surface area contributed by atoms with Crippen LogP contribution in [-0.4, -0.2) is 10.8 Å². The predicted molar refractivity (Wildman–Crippen MR) is 134 cm³/mol. The van der Waals surface area contributed by atoms with Crippen LogP contribution in [0.4, 0.5) is 0 Å². The number of thioether (sulfide) groups is 1. The fourth-order valence-corrected chi connectivity index (χ4v) is 4.41. The van der Waals surface area contributed by atoms with Crippen molar-refractivity contribution in [3.05, 3.63) is 136 Å². The van der Waals surface area contributed by atoms with Crippen molar-refractivity contribution in [2.75, 3.05) is 0 Å². The van der Waals surface area contributed by atoms with Crippen LogP contribution in [0, 0.1) is 0 Å². The molecule has 0 saturated carbocycles. The molecular formula is C28H24ClNOS. The second-order valence-electron chi connectivity index (χ2n) is 7.57. The lowest BCUT2D eigenvalue weighted by Crippen LogP contribution is -2.30. The largest absolute Gasteiger partial charge is 0.330 e. The number of rotatable bonds is 8. The standard InChI is InChI=1S/C28H24ClNOS/c29-26-15-17-27(18-16-26)32-21-24-11-13-25(14-12-24)28(31)30(19-22-7-3-1-4-8-22)20-23-9-5-2-6-10-23/h1-18H,19-21H2. The minimum Gasteiger partial charge on any atom is -0.330 e. The summed E-state index contributed by atoms with van der Waals surface area (Å²) >= 11 is 7.71. The second-order valence-corrected chi connectivity index (χ2v) is 9.06. The maximum atomic E-state index is 13.4. The molecule has 4 rings (SSSR count). The normalized spacial score (nSPS) is 10.7. The van der Waals surface area contributed by atoms with E-state index < -0.39 is 0 Å². The maximum absolute atomic E-state index is 13.4. The Hall–Kier alpha value is -3.01. The van der Waals surface area contributed by atoms with Crippen LogP contribution in [0.15, 0.2) is 114 Å². The average molecular weight is 458 g/mol. The lowest BCUT2D eigenvalue weighted by Gasteiger charge is -2.23. The number of carbonyl (C=O) groups excluding carboxylic acids is 1. The number of nitrogens with zero attached hydrogens (tertiary/aromatic N) is 1. The Balaban J connectivity index is 1.46. The van der Waals surface area contributed by atoms with E-state index in [9.17, 15) is 4.79 Å². The first-order chi connectivity index (χ1) is 15.7. The van der Waals surface area contributed by atoms with E-state index in [-0.39, 0.29) is 5.91 Å². The van der Waals surface area contributed by atoms with E-state index in [4.69, 9.17) is 11.6 Å². The van der Waals surface area contributed by atoms with Crippen LogP contribution in [0.5, 0.6) is 0 Å².